The van der Waals surface area contributed by atoms with Crippen LogP contribution in [0.3, 0.4) is 0 Å². The summed E-state index contributed by atoms with van der Waals surface area (Å²) < 4.78 is 34.1. The Morgan fingerprint density at radius 3 is 1.57 bits per heavy atom. The molecule has 2 unspecified atom stereocenters. The van der Waals surface area contributed by atoms with E-state index < -0.39 is 32.5 Å². The summed E-state index contributed by atoms with van der Waals surface area (Å²) in [6.45, 7) is 4.19. The van der Waals surface area contributed by atoms with E-state index in [1.807, 2.05) is 39.4 Å². The number of phosphoric acid groups is 1. The lowest BCUT2D eigenvalue weighted by Crippen LogP contribution is -2.37. The van der Waals surface area contributed by atoms with Crippen LogP contribution in [-0.4, -0.2) is 74.9 Å². The third-order valence-electron chi connectivity index (χ3n) is 8.22. The van der Waals surface area contributed by atoms with E-state index >= 15 is 0 Å². The highest BCUT2D eigenvalue weighted by atomic mass is 31.2. The summed E-state index contributed by atoms with van der Waals surface area (Å²) in [6.07, 6.45) is 44.1. The van der Waals surface area contributed by atoms with Gasteiger partial charge in [-0.3, -0.25) is 18.6 Å². The first-order chi connectivity index (χ1) is 26.0. The Hall–Kier alpha value is -2.55. The number of carbonyl (C=O) groups excluding carboxylic acids is 2. The highest BCUT2D eigenvalue weighted by Crippen LogP contribution is 2.43. The van der Waals surface area contributed by atoms with Crippen LogP contribution in [0, 0.1) is 0 Å². The Labute approximate surface area is 329 Å². The van der Waals surface area contributed by atoms with Crippen molar-refractivity contribution in [1.82, 2.24) is 0 Å². The SMILES string of the molecule is CCC/C=C\C/C=C\C/C=C\C/C=C\C/C=C\CCC(=O)OC(COC(=O)CC/C=C\CCCCCCCCCCC)COP(=O)(O)OCC[N+](C)(C)C. The van der Waals surface area contributed by atoms with Gasteiger partial charge < -0.3 is 18.9 Å². The molecule has 0 aromatic rings. The molecule has 0 rings (SSSR count). The average molecular weight is 779 g/mol. The van der Waals surface area contributed by atoms with Gasteiger partial charge in [0, 0.05) is 12.8 Å². The number of quaternary nitrogens is 1. The Bertz CT molecular complexity index is 1150. The van der Waals surface area contributed by atoms with Crippen molar-refractivity contribution in [3.05, 3.63) is 72.9 Å². The molecule has 0 fully saturated rings. The zero-order chi connectivity index (χ0) is 40.0. The number of hydrogen-bond acceptors (Lipinski definition) is 7. The van der Waals surface area contributed by atoms with Gasteiger partial charge in [-0.25, -0.2) is 4.57 Å². The second-order valence-corrected chi connectivity index (χ2v) is 16.1. The molecule has 0 aliphatic heterocycles. The Morgan fingerprint density at radius 1 is 0.574 bits per heavy atom. The number of nitrogens with zero attached hydrogens (tertiary/aromatic N) is 1. The van der Waals surface area contributed by atoms with Gasteiger partial charge in [-0.05, 0) is 57.8 Å². The van der Waals surface area contributed by atoms with E-state index in [0.717, 1.165) is 44.9 Å². The zero-order valence-electron chi connectivity index (χ0n) is 34.7. The molecule has 0 amide bonds. The van der Waals surface area contributed by atoms with Gasteiger partial charge in [0.2, 0.25) is 0 Å². The summed E-state index contributed by atoms with van der Waals surface area (Å²) in [7, 11) is 1.40. The standard InChI is InChI=1S/C44H76NO8P/c1-6-8-10-12-14-16-18-20-21-22-23-25-27-29-31-33-35-37-44(47)53-42(41-52-54(48,49)51-39-38-45(3,4)5)40-50-43(46)36-34-32-30-28-26-24-19-17-15-13-11-9-7-2/h10,12,16,18,21-22,25,27,30-33,42H,6-9,11,13-15,17,19-20,23-24,26,28-29,34-41H2,1-5H3/p+1/b12-10-,18-16-,22-21-,27-25-,32-30-,33-31-. The van der Waals surface area contributed by atoms with Crippen molar-refractivity contribution in [2.75, 3.05) is 47.5 Å². The zero-order valence-corrected chi connectivity index (χ0v) is 35.6. The lowest BCUT2D eigenvalue weighted by Gasteiger charge is -2.24. The van der Waals surface area contributed by atoms with Crippen molar-refractivity contribution in [3.63, 3.8) is 0 Å². The van der Waals surface area contributed by atoms with Crippen LogP contribution in [0.15, 0.2) is 72.9 Å². The second-order valence-electron chi connectivity index (χ2n) is 14.7. The number of unbranched alkanes of at least 4 members (excludes halogenated alkanes) is 10. The predicted molar refractivity (Wildman–Crippen MR) is 224 cm³/mol. The van der Waals surface area contributed by atoms with Gasteiger partial charge in [-0.2, -0.15) is 0 Å². The van der Waals surface area contributed by atoms with E-state index in [-0.39, 0.29) is 26.1 Å². The summed E-state index contributed by atoms with van der Waals surface area (Å²) >= 11 is 0. The molecule has 10 heteroatoms. The average Bonchev–Trinajstić information content (AvgIpc) is 3.12. The van der Waals surface area contributed by atoms with E-state index in [9.17, 15) is 19.0 Å². The number of rotatable bonds is 36. The fourth-order valence-corrected chi connectivity index (χ4v) is 5.70. The first-order valence-corrected chi connectivity index (χ1v) is 22.2. The number of carbonyl (C=O) groups is 2. The van der Waals surface area contributed by atoms with Crippen LogP contribution in [0.5, 0.6) is 0 Å². The smallest absolute Gasteiger partial charge is 0.462 e. The van der Waals surface area contributed by atoms with Gasteiger partial charge in [0.1, 0.15) is 19.8 Å². The molecule has 310 valence electrons. The number of hydrogen-bond donors (Lipinski definition) is 1. The Kier molecular flexibility index (Phi) is 34.4. The molecule has 0 saturated heterocycles. The van der Waals surface area contributed by atoms with Crippen LogP contribution in [0.25, 0.3) is 0 Å². The first kappa shape index (κ1) is 51.5. The van der Waals surface area contributed by atoms with Crippen LogP contribution in [-0.2, 0) is 32.7 Å². The molecule has 0 aromatic carbocycles. The molecule has 54 heavy (non-hydrogen) atoms. The molecular formula is C44H77NO8P+. The second kappa shape index (κ2) is 36.1. The Balaban J connectivity index is 4.59. The molecular weight excluding hydrogens is 701 g/mol. The molecule has 9 nitrogen and oxygen atoms in total. The largest absolute Gasteiger partial charge is 0.472 e. The third-order valence-corrected chi connectivity index (χ3v) is 9.20. The molecule has 0 aromatic heterocycles. The van der Waals surface area contributed by atoms with E-state index in [4.69, 9.17) is 18.5 Å². The van der Waals surface area contributed by atoms with Crippen molar-refractivity contribution in [2.45, 2.75) is 148 Å². The van der Waals surface area contributed by atoms with Crippen molar-refractivity contribution in [2.24, 2.45) is 0 Å². The van der Waals surface area contributed by atoms with E-state index in [1.54, 1.807) is 0 Å². The molecule has 0 radical (unpaired) electrons. The molecule has 0 aliphatic carbocycles. The maximum Gasteiger partial charge on any atom is 0.472 e. The lowest BCUT2D eigenvalue weighted by molar-refractivity contribution is -0.870. The summed E-state index contributed by atoms with van der Waals surface area (Å²) in [5.41, 5.74) is 0. The number of likely N-dealkylation sites (N-methyl/N-ethyl adjacent to an activating group) is 1. The van der Waals surface area contributed by atoms with Crippen molar-refractivity contribution in [3.8, 4) is 0 Å². The fraction of sp³-hybridized carbons (Fsp3) is 0.682. The quantitative estimate of drug-likeness (QED) is 0.0220. The molecule has 2 atom stereocenters. The monoisotopic (exact) mass is 779 g/mol. The van der Waals surface area contributed by atoms with Gasteiger partial charge >= 0.3 is 19.8 Å². The van der Waals surface area contributed by atoms with E-state index in [2.05, 4.69) is 68.5 Å². The minimum Gasteiger partial charge on any atom is -0.462 e. The Morgan fingerprint density at radius 2 is 1.04 bits per heavy atom. The summed E-state index contributed by atoms with van der Waals surface area (Å²) in [5.74, 6) is -0.960. The topological polar surface area (TPSA) is 108 Å². The van der Waals surface area contributed by atoms with Gasteiger partial charge in [0.05, 0.1) is 27.7 Å². The number of allylic oxidation sites excluding steroid dienone is 12. The minimum absolute atomic E-state index is 0.0106. The number of ether oxygens (including phenoxy) is 2. The molecule has 0 spiro atoms. The van der Waals surface area contributed by atoms with Gasteiger partial charge in [-0.1, -0.05) is 145 Å². The summed E-state index contributed by atoms with van der Waals surface area (Å²) in [5, 5.41) is 0. The van der Waals surface area contributed by atoms with Crippen LogP contribution in [0.1, 0.15) is 142 Å². The fourth-order valence-electron chi connectivity index (χ4n) is 4.96. The summed E-state index contributed by atoms with van der Waals surface area (Å²) in [4.78, 5) is 35.2. The molecule has 0 bridgehead atoms. The van der Waals surface area contributed by atoms with Gasteiger partial charge in [0.25, 0.3) is 0 Å². The maximum atomic E-state index is 12.6. The van der Waals surface area contributed by atoms with Crippen molar-refractivity contribution >= 4 is 19.8 Å². The van der Waals surface area contributed by atoms with Crippen LogP contribution in [0.2, 0.25) is 0 Å². The maximum absolute atomic E-state index is 12.6. The van der Waals surface area contributed by atoms with Crippen molar-refractivity contribution in [1.29, 1.82) is 0 Å². The highest BCUT2D eigenvalue weighted by Gasteiger charge is 2.27. The van der Waals surface area contributed by atoms with E-state index in [1.165, 1.54) is 57.8 Å². The minimum atomic E-state index is -4.40. The van der Waals surface area contributed by atoms with Gasteiger partial charge in [0.15, 0.2) is 6.10 Å². The molecule has 1 N–H and O–H groups in total. The normalized spacial score (nSPS) is 14.4. The summed E-state index contributed by atoms with van der Waals surface area (Å²) in [6, 6.07) is 0. The number of esters is 2. The third kappa shape index (κ3) is 39.2. The molecule has 0 aliphatic rings. The van der Waals surface area contributed by atoms with Gasteiger partial charge in [-0.15, -0.1) is 0 Å². The van der Waals surface area contributed by atoms with Crippen LogP contribution >= 0.6 is 7.82 Å². The van der Waals surface area contributed by atoms with Crippen LogP contribution < -0.4 is 0 Å². The highest BCUT2D eigenvalue weighted by molar-refractivity contribution is 7.47. The molecule has 0 heterocycles. The molecule has 0 saturated carbocycles. The first-order valence-electron chi connectivity index (χ1n) is 20.7. The van der Waals surface area contributed by atoms with E-state index in [0.29, 0.717) is 23.9 Å². The number of phosphoric ester groups is 1. The van der Waals surface area contributed by atoms with Crippen LogP contribution in [0.4, 0.5) is 0 Å². The lowest BCUT2D eigenvalue weighted by atomic mass is 10.1. The predicted octanol–water partition coefficient (Wildman–Crippen LogP) is 11.5. The van der Waals surface area contributed by atoms with Crippen molar-refractivity contribution < 1.29 is 42.1 Å².